The lowest BCUT2D eigenvalue weighted by molar-refractivity contribution is -0.122. The average molecular weight is 319 g/mol. The third-order valence-electron chi connectivity index (χ3n) is 4.68. The van der Waals surface area contributed by atoms with Crippen LogP contribution in [-0.4, -0.2) is 24.0 Å². The second-order valence-corrected chi connectivity index (χ2v) is 7.40. The van der Waals surface area contributed by atoms with Gasteiger partial charge in [-0.2, -0.15) is 0 Å². The molecule has 23 heavy (non-hydrogen) atoms. The molecule has 0 saturated heterocycles. The summed E-state index contributed by atoms with van der Waals surface area (Å²) in [5.41, 5.74) is 0.00481. The summed E-state index contributed by atoms with van der Waals surface area (Å²) in [6.07, 6.45) is 2.15. The molecule has 3 rings (SSSR count). The predicted molar refractivity (Wildman–Crippen MR) is 85.1 cm³/mol. The Morgan fingerprint density at radius 1 is 1.30 bits per heavy atom. The van der Waals surface area contributed by atoms with Gasteiger partial charge in [0.1, 0.15) is 17.2 Å². The number of halogens is 1. The first-order valence-corrected chi connectivity index (χ1v) is 8.07. The van der Waals surface area contributed by atoms with E-state index in [-0.39, 0.29) is 11.6 Å². The molecular weight excluding hydrogens is 297 g/mol. The zero-order chi connectivity index (χ0) is 16.8. The van der Waals surface area contributed by atoms with Crippen molar-refractivity contribution in [3.63, 3.8) is 0 Å². The summed E-state index contributed by atoms with van der Waals surface area (Å²) in [6.45, 7) is 5.84. The molecule has 1 spiro atoms. The number of ketones is 1. The first-order chi connectivity index (χ1) is 10.7. The second kappa shape index (κ2) is 5.32. The number of carbonyl (C=O) groups excluding carboxylic acids is 2. The fourth-order valence-electron chi connectivity index (χ4n) is 3.67. The molecule has 0 aromatic heterocycles. The molecule has 1 aliphatic carbocycles. The van der Waals surface area contributed by atoms with E-state index in [0.29, 0.717) is 30.6 Å². The molecule has 1 heterocycles. The van der Waals surface area contributed by atoms with Gasteiger partial charge in [-0.05, 0) is 63.8 Å². The molecule has 0 bridgehead atoms. The first kappa shape index (κ1) is 16.0. The average Bonchev–Trinajstić information content (AvgIpc) is 2.80. The maximum atomic E-state index is 13.8. The van der Waals surface area contributed by atoms with E-state index in [9.17, 15) is 14.0 Å². The third-order valence-corrected chi connectivity index (χ3v) is 4.68. The number of hydrogen-bond donors (Lipinski definition) is 0. The number of Topliss-reactive ketones (excluding diaryl/α,β-unsaturated/α-hetero) is 1. The van der Waals surface area contributed by atoms with Crippen molar-refractivity contribution in [2.75, 3.05) is 11.4 Å². The van der Waals surface area contributed by atoms with Gasteiger partial charge in [0.05, 0.1) is 11.1 Å². The van der Waals surface area contributed by atoms with Gasteiger partial charge in [-0.1, -0.05) is 0 Å². The molecule has 0 radical (unpaired) electrons. The number of benzene rings is 1. The van der Waals surface area contributed by atoms with Crippen LogP contribution in [0.25, 0.3) is 0 Å². The Labute approximate surface area is 135 Å². The highest BCUT2D eigenvalue weighted by molar-refractivity contribution is 5.98. The normalized spacial score (nSPS) is 24.0. The van der Waals surface area contributed by atoms with Gasteiger partial charge in [-0.3, -0.25) is 9.69 Å². The molecule has 5 heteroatoms. The molecule has 1 saturated carbocycles. The quantitative estimate of drug-likeness (QED) is 0.727. The molecule has 1 aromatic rings. The van der Waals surface area contributed by atoms with E-state index in [4.69, 9.17) is 4.74 Å². The maximum Gasteiger partial charge on any atom is 0.414 e. The minimum atomic E-state index is -0.629. The number of rotatable bonds is 0. The highest BCUT2D eigenvalue weighted by Crippen LogP contribution is 2.48. The van der Waals surface area contributed by atoms with E-state index in [1.165, 1.54) is 17.0 Å². The molecule has 1 atom stereocenters. The van der Waals surface area contributed by atoms with Crippen molar-refractivity contribution in [1.29, 1.82) is 0 Å². The van der Waals surface area contributed by atoms with Crippen LogP contribution in [0.1, 0.15) is 52.0 Å². The van der Waals surface area contributed by atoms with Gasteiger partial charge in [-0.15, -0.1) is 0 Å². The maximum absolute atomic E-state index is 13.8. The first-order valence-electron chi connectivity index (χ1n) is 8.07. The zero-order valence-electron chi connectivity index (χ0n) is 13.8. The van der Waals surface area contributed by atoms with Crippen molar-refractivity contribution < 1.29 is 18.7 Å². The van der Waals surface area contributed by atoms with Crippen LogP contribution in [0.2, 0.25) is 0 Å². The molecule has 1 unspecified atom stereocenters. The lowest BCUT2D eigenvalue weighted by atomic mass is 9.72. The fourth-order valence-corrected chi connectivity index (χ4v) is 3.67. The smallest absolute Gasteiger partial charge is 0.414 e. The van der Waals surface area contributed by atoms with Crippen molar-refractivity contribution in [1.82, 2.24) is 0 Å². The Hall–Kier alpha value is -1.91. The van der Waals surface area contributed by atoms with Gasteiger partial charge < -0.3 is 4.74 Å². The van der Waals surface area contributed by atoms with Crippen LogP contribution in [0.5, 0.6) is 0 Å². The Kier molecular flexibility index (Phi) is 3.69. The lowest BCUT2D eigenvalue weighted by Crippen LogP contribution is -2.47. The minimum absolute atomic E-state index is 0.160. The Balaban J connectivity index is 2.03. The topological polar surface area (TPSA) is 46.6 Å². The third kappa shape index (κ3) is 2.73. The monoisotopic (exact) mass is 319 g/mol. The molecule has 1 aliphatic heterocycles. The minimum Gasteiger partial charge on any atom is -0.443 e. The van der Waals surface area contributed by atoms with Gasteiger partial charge in [0.2, 0.25) is 0 Å². The SMILES string of the molecule is CC(C)(C)OC(=O)N1CCC2(CCCC2=O)c2cc(F)ccc21. The van der Waals surface area contributed by atoms with Crippen LogP contribution in [0, 0.1) is 5.82 Å². The molecular formula is C18H22FNO3. The fraction of sp³-hybridized carbons (Fsp3) is 0.556. The Morgan fingerprint density at radius 3 is 2.65 bits per heavy atom. The Bertz CT molecular complexity index is 665. The summed E-state index contributed by atoms with van der Waals surface area (Å²) in [7, 11) is 0. The number of fused-ring (bicyclic) bond motifs is 2. The molecule has 4 nitrogen and oxygen atoms in total. The predicted octanol–water partition coefficient (Wildman–Crippen LogP) is 3.96. The summed E-state index contributed by atoms with van der Waals surface area (Å²) in [5, 5.41) is 0. The van der Waals surface area contributed by atoms with Crippen LogP contribution >= 0.6 is 0 Å². The van der Waals surface area contributed by atoms with Gasteiger partial charge in [0, 0.05) is 13.0 Å². The molecule has 1 amide bonds. The number of ether oxygens (including phenoxy) is 1. The number of carbonyl (C=O) groups is 2. The largest absolute Gasteiger partial charge is 0.443 e. The van der Waals surface area contributed by atoms with Gasteiger partial charge >= 0.3 is 6.09 Å². The number of nitrogens with zero attached hydrogens (tertiary/aromatic N) is 1. The molecule has 0 N–H and O–H groups in total. The van der Waals surface area contributed by atoms with Crippen molar-refractivity contribution in [2.24, 2.45) is 0 Å². The van der Waals surface area contributed by atoms with Crippen molar-refractivity contribution >= 4 is 17.6 Å². The van der Waals surface area contributed by atoms with Gasteiger partial charge in [0.15, 0.2) is 0 Å². The zero-order valence-corrected chi connectivity index (χ0v) is 13.8. The molecule has 124 valence electrons. The van der Waals surface area contributed by atoms with Gasteiger partial charge in [0.25, 0.3) is 0 Å². The standard InChI is InChI=1S/C18H22FNO3/c1-17(2,3)23-16(22)20-10-9-18(8-4-5-15(18)21)13-11-12(19)6-7-14(13)20/h6-7,11H,4-5,8-10H2,1-3H3. The Morgan fingerprint density at radius 2 is 2.04 bits per heavy atom. The number of hydrogen-bond acceptors (Lipinski definition) is 3. The molecule has 2 aliphatic rings. The van der Waals surface area contributed by atoms with Crippen molar-refractivity contribution in [3.8, 4) is 0 Å². The summed E-state index contributed by atoms with van der Waals surface area (Å²) in [5.74, 6) is -0.220. The summed E-state index contributed by atoms with van der Waals surface area (Å²) in [6, 6.07) is 4.32. The summed E-state index contributed by atoms with van der Waals surface area (Å²) in [4.78, 5) is 26.5. The van der Waals surface area contributed by atoms with E-state index in [1.54, 1.807) is 6.07 Å². The molecule has 1 fully saturated rings. The van der Waals surface area contributed by atoms with Crippen LogP contribution < -0.4 is 4.90 Å². The van der Waals surface area contributed by atoms with E-state index >= 15 is 0 Å². The number of anilines is 1. The van der Waals surface area contributed by atoms with E-state index in [0.717, 1.165) is 12.8 Å². The van der Waals surface area contributed by atoms with E-state index in [1.807, 2.05) is 20.8 Å². The van der Waals surface area contributed by atoms with Crippen LogP contribution in [0.3, 0.4) is 0 Å². The van der Waals surface area contributed by atoms with Gasteiger partial charge in [-0.25, -0.2) is 9.18 Å². The number of amides is 1. The highest BCUT2D eigenvalue weighted by atomic mass is 19.1. The van der Waals surface area contributed by atoms with Crippen molar-refractivity contribution in [2.45, 2.75) is 57.5 Å². The molecule has 1 aromatic carbocycles. The van der Waals surface area contributed by atoms with Crippen molar-refractivity contribution in [3.05, 3.63) is 29.6 Å². The van der Waals surface area contributed by atoms with E-state index in [2.05, 4.69) is 0 Å². The summed E-state index contributed by atoms with van der Waals surface area (Å²) >= 11 is 0. The lowest BCUT2D eigenvalue weighted by Gasteiger charge is -2.40. The van der Waals surface area contributed by atoms with Crippen LogP contribution in [0.4, 0.5) is 14.9 Å². The summed E-state index contributed by atoms with van der Waals surface area (Å²) < 4.78 is 19.3. The highest BCUT2D eigenvalue weighted by Gasteiger charge is 2.48. The second-order valence-electron chi connectivity index (χ2n) is 7.40. The van der Waals surface area contributed by atoms with Crippen LogP contribution in [0.15, 0.2) is 18.2 Å². The van der Waals surface area contributed by atoms with E-state index < -0.39 is 17.1 Å². The van der Waals surface area contributed by atoms with Crippen LogP contribution in [-0.2, 0) is 14.9 Å².